The van der Waals surface area contributed by atoms with Crippen LogP contribution in [0.5, 0.6) is 0 Å². The van der Waals surface area contributed by atoms with Crippen LogP contribution in [0.2, 0.25) is 0 Å². The summed E-state index contributed by atoms with van der Waals surface area (Å²) in [5.41, 5.74) is 5.04. The molecule has 0 atom stereocenters. The Morgan fingerprint density at radius 1 is 1.03 bits per heavy atom. The molecule has 1 amide bonds. The zero-order valence-corrected chi connectivity index (χ0v) is 18.7. The van der Waals surface area contributed by atoms with E-state index in [1.807, 2.05) is 60.7 Å². The van der Waals surface area contributed by atoms with E-state index >= 15 is 0 Å². The van der Waals surface area contributed by atoms with Gasteiger partial charge in [-0.15, -0.1) is 0 Å². The Bertz CT molecular complexity index is 1410. The van der Waals surface area contributed by atoms with Gasteiger partial charge in [0, 0.05) is 23.1 Å². The number of anilines is 1. The number of ether oxygens (including phenoxy) is 1. The van der Waals surface area contributed by atoms with Crippen molar-refractivity contribution < 1.29 is 14.3 Å². The number of aryl methyl sites for hydroxylation is 1. The monoisotopic (exact) mass is 452 g/mol. The summed E-state index contributed by atoms with van der Waals surface area (Å²) in [4.78, 5) is 30.6. The molecule has 170 valence electrons. The summed E-state index contributed by atoms with van der Waals surface area (Å²) in [5, 5.41) is 8.35. The molecule has 0 aliphatic heterocycles. The van der Waals surface area contributed by atoms with Crippen LogP contribution >= 0.6 is 0 Å². The Morgan fingerprint density at radius 2 is 1.82 bits per heavy atom. The largest absolute Gasteiger partial charge is 0.452 e. The number of amides is 1. The molecule has 7 heteroatoms. The molecule has 1 fully saturated rings. The van der Waals surface area contributed by atoms with Crippen LogP contribution in [0.1, 0.15) is 52.5 Å². The molecule has 6 rings (SSSR count). The smallest absolute Gasteiger partial charge is 0.339 e. The van der Waals surface area contributed by atoms with E-state index in [9.17, 15) is 9.59 Å². The number of benzene rings is 2. The molecule has 1 N–H and O–H groups in total. The Kier molecular flexibility index (Phi) is 5.09. The average molecular weight is 453 g/mol. The lowest BCUT2D eigenvalue weighted by atomic mass is 10.0. The third kappa shape index (κ3) is 3.83. The van der Waals surface area contributed by atoms with Gasteiger partial charge in [0.25, 0.3) is 5.91 Å². The van der Waals surface area contributed by atoms with Crippen molar-refractivity contribution in [1.82, 2.24) is 14.8 Å². The van der Waals surface area contributed by atoms with Gasteiger partial charge < -0.3 is 10.1 Å². The van der Waals surface area contributed by atoms with Crippen molar-refractivity contribution >= 4 is 28.6 Å². The number of fused-ring (bicyclic) bond motifs is 2. The molecule has 0 unspecified atom stereocenters. The van der Waals surface area contributed by atoms with Crippen LogP contribution in [0.25, 0.3) is 16.6 Å². The highest BCUT2D eigenvalue weighted by Crippen LogP contribution is 2.40. The van der Waals surface area contributed by atoms with E-state index in [1.54, 1.807) is 4.68 Å². The van der Waals surface area contributed by atoms with Crippen LogP contribution in [0, 0.1) is 0 Å². The Balaban J connectivity index is 1.21. The van der Waals surface area contributed by atoms with E-state index in [4.69, 9.17) is 14.8 Å². The predicted molar refractivity (Wildman–Crippen MR) is 128 cm³/mol. The first-order valence-corrected chi connectivity index (χ1v) is 11.7. The molecule has 2 aromatic carbocycles. The lowest BCUT2D eigenvalue weighted by Crippen LogP contribution is -2.23. The van der Waals surface area contributed by atoms with E-state index in [1.165, 1.54) is 0 Å². The van der Waals surface area contributed by atoms with E-state index in [-0.39, 0.29) is 6.61 Å². The van der Waals surface area contributed by atoms with Crippen molar-refractivity contribution in [3.63, 3.8) is 0 Å². The summed E-state index contributed by atoms with van der Waals surface area (Å²) in [5.74, 6) is 0.134. The number of nitrogens with zero attached hydrogens (tertiary/aromatic N) is 3. The van der Waals surface area contributed by atoms with Gasteiger partial charge in [-0.25, -0.2) is 9.48 Å². The number of hydrogen-bond donors (Lipinski definition) is 1. The molecule has 1 saturated carbocycles. The van der Waals surface area contributed by atoms with Gasteiger partial charge in [0.15, 0.2) is 6.61 Å². The number of esters is 1. The van der Waals surface area contributed by atoms with Gasteiger partial charge in [-0.3, -0.25) is 9.78 Å². The minimum atomic E-state index is -0.484. The highest BCUT2D eigenvalue weighted by atomic mass is 16.5. The third-order valence-electron chi connectivity index (χ3n) is 6.45. The van der Waals surface area contributed by atoms with Crippen LogP contribution in [-0.4, -0.2) is 33.2 Å². The molecule has 7 nitrogen and oxygen atoms in total. The number of carbonyl (C=O) groups excluding carboxylic acids is 2. The number of hydrogen-bond acceptors (Lipinski definition) is 5. The summed E-state index contributed by atoms with van der Waals surface area (Å²) < 4.78 is 7.23. The maximum atomic E-state index is 13.1. The lowest BCUT2D eigenvalue weighted by Gasteiger charge is -2.12. The standard InChI is InChI=1S/C27H24N4O3/c32-25(29-24-15-23(17-13-14-17)30-31(24)18-7-2-1-3-8-18)16-34-27(33)26-19-9-4-5-11-21(19)28-22-12-6-10-20(22)26/h1-5,7-9,11,15,17H,6,10,12-14,16H2,(H,29,32). The fraction of sp³-hybridized carbons (Fsp3) is 0.259. The van der Waals surface area contributed by atoms with E-state index in [0.717, 1.165) is 65.6 Å². The SMILES string of the molecule is O=C(COC(=O)c1c2c(nc3ccccc13)CCC2)Nc1cc(C2CC2)nn1-c1ccccc1. The summed E-state index contributed by atoms with van der Waals surface area (Å²) in [6.07, 6.45) is 4.84. The molecular formula is C27H24N4O3. The summed E-state index contributed by atoms with van der Waals surface area (Å²) >= 11 is 0. The van der Waals surface area contributed by atoms with Crippen molar-refractivity contribution in [1.29, 1.82) is 0 Å². The number of aromatic nitrogens is 3. The summed E-state index contributed by atoms with van der Waals surface area (Å²) in [7, 11) is 0. The third-order valence-corrected chi connectivity index (χ3v) is 6.45. The first-order valence-electron chi connectivity index (χ1n) is 11.7. The first-order chi connectivity index (χ1) is 16.7. The molecule has 2 aliphatic rings. The van der Waals surface area contributed by atoms with E-state index < -0.39 is 11.9 Å². The summed E-state index contributed by atoms with van der Waals surface area (Å²) in [6.45, 7) is -0.372. The van der Waals surface area contributed by atoms with Crippen molar-refractivity contribution in [2.45, 2.75) is 38.0 Å². The fourth-order valence-electron chi connectivity index (χ4n) is 4.66. The van der Waals surface area contributed by atoms with Gasteiger partial charge in [-0.1, -0.05) is 36.4 Å². The Morgan fingerprint density at radius 3 is 2.65 bits per heavy atom. The summed E-state index contributed by atoms with van der Waals surface area (Å²) in [6, 6.07) is 19.2. The van der Waals surface area contributed by atoms with Crippen LogP contribution in [0.15, 0.2) is 60.7 Å². The van der Waals surface area contributed by atoms with Crippen molar-refractivity contribution in [3.8, 4) is 5.69 Å². The Hall–Kier alpha value is -4.00. The van der Waals surface area contributed by atoms with Crippen molar-refractivity contribution in [3.05, 3.63) is 83.2 Å². The Labute approximate surface area is 196 Å². The molecular weight excluding hydrogens is 428 g/mol. The second-order valence-electron chi connectivity index (χ2n) is 8.88. The van der Waals surface area contributed by atoms with Crippen molar-refractivity contribution in [2.75, 3.05) is 11.9 Å². The molecule has 2 aliphatic carbocycles. The second kappa shape index (κ2) is 8.41. The van der Waals surface area contributed by atoms with Gasteiger partial charge in [0.2, 0.25) is 0 Å². The highest BCUT2D eigenvalue weighted by molar-refractivity contribution is 6.06. The molecule has 2 aromatic heterocycles. The topological polar surface area (TPSA) is 86.1 Å². The number of carbonyl (C=O) groups is 2. The van der Waals surface area contributed by atoms with Gasteiger partial charge >= 0.3 is 5.97 Å². The zero-order valence-electron chi connectivity index (χ0n) is 18.7. The van der Waals surface area contributed by atoms with Crippen molar-refractivity contribution in [2.24, 2.45) is 0 Å². The molecule has 0 spiro atoms. The minimum Gasteiger partial charge on any atom is -0.452 e. The maximum absolute atomic E-state index is 13.1. The molecule has 2 heterocycles. The van der Waals surface area contributed by atoms with Gasteiger partial charge in [-0.2, -0.15) is 5.10 Å². The number of rotatable bonds is 6. The first kappa shape index (κ1) is 20.6. The predicted octanol–water partition coefficient (Wildman–Crippen LogP) is 4.58. The van der Waals surface area contributed by atoms with Crippen LogP contribution in [0.3, 0.4) is 0 Å². The molecule has 34 heavy (non-hydrogen) atoms. The molecule has 0 saturated heterocycles. The number of pyridine rings is 1. The van der Waals surface area contributed by atoms with E-state index in [2.05, 4.69) is 5.32 Å². The van der Waals surface area contributed by atoms with Gasteiger partial charge in [-0.05, 0) is 55.9 Å². The second-order valence-corrected chi connectivity index (χ2v) is 8.88. The van der Waals surface area contributed by atoms with E-state index in [0.29, 0.717) is 17.3 Å². The maximum Gasteiger partial charge on any atom is 0.339 e. The van der Waals surface area contributed by atoms with Crippen LogP contribution < -0.4 is 5.32 Å². The van der Waals surface area contributed by atoms with Crippen LogP contribution in [-0.2, 0) is 22.4 Å². The van der Waals surface area contributed by atoms with Gasteiger partial charge in [0.1, 0.15) is 5.82 Å². The average Bonchev–Trinajstić information content (AvgIpc) is 3.47. The number of nitrogens with one attached hydrogen (secondary N) is 1. The normalized spacial score (nSPS) is 14.7. The fourth-order valence-corrected chi connectivity index (χ4v) is 4.66. The van der Waals surface area contributed by atoms with Crippen LogP contribution in [0.4, 0.5) is 5.82 Å². The quantitative estimate of drug-likeness (QED) is 0.433. The zero-order chi connectivity index (χ0) is 23.1. The van der Waals surface area contributed by atoms with Gasteiger partial charge in [0.05, 0.1) is 22.5 Å². The molecule has 0 bridgehead atoms. The minimum absolute atomic E-state index is 0.372. The number of para-hydroxylation sites is 2. The highest BCUT2D eigenvalue weighted by Gasteiger charge is 2.28. The molecule has 0 radical (unpaired) electrons. The molecule has 4 aromatic rings. The lowest BCUT2D eigenvalue weighted by molar-refractivity contribution is -0.119.